The average Bonchev–Trinajstić information content (AvgIpc) is 3.27. The van der Waals surface area contributed by atoms with Crippen molar-refractivity contribution >= 4 is 17.2 Å². The summed E-state index contributed by atoms with van der Waals surface area (Å²) in [5, 5.41) is 5.75. The third kappa shape index (κ3) is 4.92. The number of benzene rings is 1. The van der Waals surface area contributed by atoms with Gasteiger partial charge in [-0.15, -0.1) is 11.3 Å². The minimum absolute atomic E-state index is 0.158. The topological polar surface area (TPSA) is 44.3 Å². The minimum Gasteiger partial charge on any atom is -0.353 e. The lowest BCUT2D eigenvalue weighted by Gasteiger charge is -2.37. The van der Waals surface area contributed by atoms with E-state index < -0.39 is 0 Å². The third-order valence-electron chi connectivity index (χ3n) is 5.06. The van der Waals surface area contributed by atoms with Gasteiger partial charge in [-0.25, -0.2) is 9.37 Å². The zero-order valence-corrected chi connectivity index (χ0v) is 16.5. The fraction of sp³-hybridized carbons (Fsp3) is 0.333. The van der Waals surface area contributed by atoms with Crippen molar-refractivity contribution in [3.63, 3.8) is 0 Å². The molecule has 0 aliphatic carbocycles. The first-order chi connectivity index (χ1) is 13.8. The van der Waals surface area contributed by atoms with E-state index >= 15 is 0 Å². The van der Waals surface area contributed by atoms with Gasteiger partial charge in [-0.3, -0.25) is 9.88 Å². The maximum Gasteiger partial charge on any atom is 0.147 e. The Morgan fingerprint density at radius 3 is 2.57 bits per heavy atom. The second-order valence-electron chi connectivity index (χ2n) is 6.92. The van der Waals surface area contributed by atoms with Crippen LogP contribution in [0.1, 0.15) is 16.5 Å². The van der Waals surface area contributed by atoms with Crippen molar-refractivity contribution in [2.45, 2.75) is 12.6 Å². The van der Waals surface area contributed by atoms with Crippen LogP contribution in [0.15, 0.2) is 60.4 Å². The summed E-state index contributed by atoms with van der Waals surface area (Å²) in [6, 6.07) is 11.2. The highest BCUT2D eigenvalue weighted by Gasteiger charge is 2.22. The Bertz CT molecular complexity index is 833. The van der Waals surface area contributed by atoms with Crippen LogP contribution in [0.5, 0.6) is 0 Å². The van der Waals surface area contributed by atoms with Crippen LogP contribution in [0.2, 0.25) is 0 Å². The van der Waals surface area contributed by atoms with Gasteiger partial charge in [0.2, 0.25) is 0 Å². The van der Waals surface area contributed by atoms with Crippen molar-refractivity contribution in [3.05, 3.63) is 76.6 Å². The van der Waals surface area contributed by atoms with Gasteiger partial charge in [0.1, 0.15) is 11.6 Å². The molecular weight excluding hydrogens is 373 g/mol. The van der Waals surface area contributed by atoms with E-state index in [4.69, 9.17) is 0 Å². The van der Waals surface area contributed by atoms with Crippen LogP contribution < -0.4 is 10.2 Å². The van der Waals surface area contributed by atoms with Crippen LogP contribution in [-0.4, -0.2) is 47.6 Å². The van der Waals surface area contributed by atoms with Gasteiger partial charge in [0.15, 0.2) is 0 Å². The molecule has 1 aromatic carbocycles. The summed E-state index contributed by atoms with van der Waals surface area (Å²) in [6.07, 6.45) is 5.26. The zero-order chi connectivity index (χ0) is 19.2. The molecule has 0 saturated carbocycles. The summed E-state index contributed by atoms with van der Waals surface area (Å²) in [7, 11) is 0. The molecule has 2 aromatic heterocycles. The molecular formula is C21H24FN5S. The van der Waals surface area contributed by atoms with E-state index in [1.165, 1.54) is 4.88 Å². The molecule has 0 radical (unpaired) electrons. The Hall–Kier alpha value is -2.35. The van der Waals surface area contributed by atoms with Crippen molar-refractivity contribution in [1.82, 2.24) is 20.2 Å². The SMILES string of the molecule is Fc1ccc(C(CN2CCN(c3cnccn3)CC2)NCc2cccs2)cc1. The number of hydrogen-bond donors (Lipinski definition) is 1. The number of thiophene rings is 1. The molecule has 1 unspecified atom stereocenters. The number of nitrogens with zero attached hydrogens (tertiary/aromatic N) is 4. The van der Waals surface area contributed by atoms with Crippen LogP contribution in [0, 0.1) is 5.82 Å². The molecule has 4 rings (SSSR count). The van der Waals surface area contributed by atoms with Crippen molar-refractivity contribution in [2.24, 2.45) is 0 Å². The Morgan fingerprint density at radius 1 is 1.07 bits per heavy atom. The van der Waals surface area contributed by atoms with Gasteiger partial charge in [-0.05, 0) is 29.1 Å². The van der Waals surface area contributed by atoms with Crippen LogP contribution in [0.3, 0.4) is 0 Å². The Labute approximate surface area is 168 Å². The molecule has 3 heterocycles. The van der Waals surface area contributed by atoms with Gasteiger partial charge in [-0.2, -0.15) is 0 Å². The molecule has 146 valence electrons. The van der Waals surface area contributed by atoms with Gasteiger partial charge in [-0.1, -0.05) is 18.2 Å². The van der Waals surface area contributed by atoms with Crippen molar-refractivity contribution in [1.29, 1.82) is 0 Å². The minimum atomic E-state index is -0.196. The number of halogens is 1. The molecule has 28 heavy (non-hydrogen) atoms. The highest BCUT2D eigenvalue weighted by atomic mass is 32.1. The normalized spacial score (nSPS) is 16.2. The lowest BCUT2D eigenvalue weighted by molar-refractivity contribution is 0.228. The second kappa shape index (κ2) is 9.23. The van der Waals surface area contributed by atoms with E-state index in [-0.39, 0.29) is 11.9 Å². The van der Waals surface area contributed by atoms with Crippen LogP contribution >= 0.6 is 11.3 Å². The van der Waals surface area contributed by atoms with Gasteiger partial charge in [0, 0.05) is 62.6 Å². The van der Waals surface area contributed by atoms with Crippen LogP contribution in [0.25, 0.3) is 0 Å². The lowest BCUT2D eigenvalue weighted by atomic mass is 10.1. The molecule has 1 aliphatic heterocycles. The first kappa shape index (κ1) is 19.0. The van der Waals surface area contributed by atoms with Gasteiger partial charge in [0.05, 0.1) is 6.20 Å². The fourth-order valence-corrected chi connectivity index (χ4v) is 4.15. The first-order valence-corrected chi connectivity index (χ1v) is 10.4. The molecule has 0 spiro atoms. The maximum atomic E-state index is 13.4. The Kier molecular flexibility index (Phi) is 6.26. The van der Waals surface area contributed by atoms with Crippen molar-refractivity contribution < 1.29 is 4.39 Å². The van der Waals surface area contributed by atoms with E-state index in [1.807, 2.05) is 18.3 Å². The number of aromatic nitrogens is 2. The monoisotopic (exact) mass is 397 g/mol. The smallest absolute Gasteiger partial charge is 0.147 e. The van der Waals surface area contributed by atoms with Crippen LogP contribution in [0.4, 0.5) is 10.2 Å². The molecule has 0 bridgehead atoms. The molecule has 1 saturated heterocycles. The van der Waals surface area contributed by atoms with Gasteiger partial charge >= 0.3 is 0 Å². The molecule has 1 N–H and O–H groups in total. The Balaban J connectivity index is 1.38. The molecule has 3 aromatic rings. The molecule has 1 atom stereocenters. The summed E-state index contributed by atoms with van der Waals surface area (Å²) in [4.78, 5) is 14.6. The molecule has 1 fully saturated rings. The van der Waals surface area contributed by atoms with Crippen LogP contribution in [-0.2, 0) is 6.54 Å². The first-order valence-electron chi connectivity index (χ1n) is 9.52. The van der Waals surface area contributed by atoms with E-state index in [1.54, 1.807) is 35.9 Å². The summed E-state index contributed by atoms with van der Waals surface area (Å²) in [6.45, 7) is 5.51. The summed E-state index contributed by atoms with van der Waals surface area (Å²) in [5.74, 6) is 0.742. The second-order valence-corrected chi connectivity index (χ2v) is 7.95. The van der Waals surface area contributed by atoms with Crippen molar-refractivity contribution in [3.8, 4) is 0 Å². The predicted molar refractivity (Wildman–Crippen MR) is 111 cm³/mol. The van der Waals surface area contributed by atoms with Gasteiger partial charge < -0.3 is 10.2 Å². The number of anilines is 1. The van der Waals surface area contributed by atoms with Gasteiger partial charge in [0.25, 0.3) is 0 Å². The maximum absolute atomic E-state index is 13.4. The number of piperazine rings is 1. The highest BCUT2D eigenvalue weighted by molar-refractivity contribution is 7.09. The molecule has 7 heteroatoms. The summed E-state index contributed by atoms with van der Waals surface area (Å²) in [5.41, 5.74) is 1.12. The highest BCUT2D eigenvalue weighted by Crippen LogP contribution is 2.19. The Morgan fingerprint density at radius 2 is 1.89 bits per heavy atom. The quantitative estimate of drug-likeness (QED) is 0.663. The fourth-order valence-electron chi connectivity index (χ4n) is 3.49. The van der Waals surface area contributed by atoms with Crippen molar-refractivity contribution in [2.75, 3.05) is 37.6 Å². The number of hydrogen-bond acceptors (Lipinski definition) is 6. The van der Waals surface area contributed by atoms with E-state index in [0.717, 1.165) is 50.6 Å². The predicted octanol–water partition coefficient (Wildman–Crippen LogP) is 3.33. The molecule has 5 nitrogen and oxygen atoms in total. The van der Waals surface area contributed by atoms with E-state index in [2.05, 4.69) is 42.6 Å². The number of nitrogens with one attached hydrogen (secondary N) is 1. The third-order valence-corrected chi connectivity index (χ3v) is 5.94. The van der Waals surface area contributed by atoms with E-state index in [0.29, 0.717) is 0 Å². The average molecular weight is 398 g/mol. The zero-order valence-electron chi connectivity index (χ0n) is 15.7. The standard InChI is InChI=1S/C21H24FN5S/c22-18-5-3-17(4-6-18)20(25-14-19-2-1-13-28-19)16-26-9-11-27(12-10-26)21-15-23-7-8-24-21/h1-8,13,15,20,25H,9-12,14,16H2. The summed E-state index contributed by atoms with van der Waals surface area (Å²) < 4.78 is 13.4. The van der Waals surface area contributed by atoms with E-state index in [9.17, 15) is 4.39 Å². The lowest BCUT2D eigenvalue weighted by Crippen LogP contribution is -2.49. The molecule has 1 aliphatic rings. The number of rotatable bonds is 7. The largest absolute Gasteiger partial charge is 0.353 e. The summed E-state index contributed by atoms with van der Waals surface area (Å²) >= 11 is 1.75. The molecule has 0 amide bonds.